The minimum atomic E-state index is -0.203. The van der Waals surface area contributed by atoms with Crippen LogP contribution < -0.4 is 10.6 Å². The molecule has 1 aromatic carbocycles. The Bertz CT molecular complexity index is 674. The Labute approximate surface area is 178 Å². The lowest BCUT2D eigenvalue weighted by atomic mass is 10.1. The van der Waals surface area contributed by atoms with Gasteiger partial charge in [0.05, 0.1) is 12.3 Å². The summed E-state index contributed by atoms with van der Waals surface area (Å²) >= 11 is 0. The first-order chi connectivity index (χ1) is 12.7. The van der Waals surface area contributed by atoms with Crippen LogP contribution in [0.2, 0.25) is 0 Å². The Kier molecular flexibility index (Phi) is 11.0. The monoisotopic (exact) mass is 488 g/mol. The number of rotatable bonds is 9. The molecule has 150 valence electrons. The van der Waals surface area contributed by atoms with Crippen LogP contribution in [0.15, 0.2) is 52.1 Å². The molecule has 2 rings (SSSR count). The summed E-state index contributed by atoms with van der Waals surface area (Å²) in [5, 5.41) is 6.65. The van der Waals surface area contributed by atoms with Gasteiger partial charge in [-0.15, -0.1) is 24.0 Å². The zero-order chi connectivity index (χ0) is 18.8. The molecule has 0 aliphatic carbocycles. The van der Waals surface area contributed by atoms with Gasteiger partial charge in [-0.2, -0.15) is 0 Å². The normalized spacial score (nSPS) is 12.6. The van der Waals surface area contributed by atoms with Gasteiger partial charge in [0.25, 0.3) is 0 Å². The molecule has 0 spiro atoms. The highest BCUT2D eigenvalue weighted by molar-refractivity contribution is 14.0. The Morgan fingerprint density at radius 1 is 1.19 bits per heavy atom. The van der Waals surface area contributed by atoms with Crippen molar-refractivity contribution in [2.75, 3.05) is 33.2 Å². The predicted octanol–water partition coefficient (Wildman–Crippen LogP) is 3.83. The van der Waals surface area contributed by atoms with Crippen LogP contribution >= 0.6 is 24.0 Å². The number of hydrogen-bond acceptors (Lipinski definition) is 3. The second-order valence-electron chi connectivity index (χ2n) is 6.01. The number of benzene rings is 1. The van der Waals surface area contributed by atoms with Gasteiger partial charge in [0.15, 0.2) is 5.96 Å². The zero-order valence-corrected chi connectivity index (χ0v) is 18.6. The average molecular weight is 488 g/mol. The highest BCUT2D eigenvalue weighted by atomic mass is 127. The van der Waals surface area contributed by atoms with Gasteiger partial charge < -0.3 is 15.1 Å². The van der Waals surface area contributed by atoms with E-state index in [0.717, 1.165) is 36.8 Å². The molecule has 1 aromatic heterocycles. The van der Waals surface area contributed by atoms with Crippen molar-refractivity contribution in [2.24, 2.45) is 4.99 Å². The number of nitrogens with zero attached hydrogens (tertiary/aromatic N) is 2. The standard InChI is InChI=1S/C20H29FN4O.HI/c1-4-25(5-2)18(19-10-7-13-26-19)15-24-20(22-3)23-12-11-16-8-6-9-17(21)14-16;/h6-10,13-14,18H,4-5,11-12,15H2,1-3H3,(H2,22,23,24);1H. The Morgan fingerprint density at radius 3 is 2.56 bits per heavy atom. The Morgan fingerprint density at radius 2 is 1.96 bits per heavy atom. The first-order valence-corrected chi connectivity index (χ1v) is 9.14. The molecule has 0 aliphatic rings. The highest BCUT2D eigenvalue weighted by Gasteiger charge is 2.20. The lowest BCUT2D eigenvalue weighted by Crippen LogP contribution is -2.43. The van der Waals surface area contributed by atoms with Crippen molar-refractivity contribution in [3.63, 3.8) is 0 Å². The molecule has 27 heavy (non-hydrogen) atoms. The minimum absolute atomic E-state index is 0. The van der Waals surface area contributed by atoms with Gasteiger partial charge in [0.1, 0.15) is 11.6 Å². The number of likely N-dealkylation sites (N-methyl/N-ethyl adjacent to an activating group) is 1. The van der Waals surface area contributed by atoms with Crippen molar-refractivity contribution in [1.82, 2.24) is 15.5 Å². The van der Waals surface area contributed by atoms with Crippen molar-refractivity contribution in [3.8, 4) is 0 Å². The molecule has 0 fully saturated rings. The van der Waals surface area contributed by atoms with Gasteiger partial charge in [0.2, 0.25) is 0 Å². The van der Waals surface area contributed by atoms with Crippen LogP contribution in [0.1, 0.15) is 31.2 Å². The predicted molar refractivity (Wildman–Crippen MR) is 119 cm³/mol. The largest absolute Gasteiger partial charge is 0.468 e. The molecule has 2 N–H and O–H groups in total. The molecule has 0 bridgehead atoms. The quantitative estimate of drug-likeness (QED) is 0.320. The molecular formula is C20H30FIN4O. The molecule has 0 amide bonds. The summed E-state index contributed by atoms with van der Waals surface area (Å²) in [7, 11) is 1.75. The van der Waals surface area contributed by atoms with E-state index < -0.39 is 0 Å². The number of nitrogens with one attached hydrogen (secondary N) is 2. The van der Waals surface area contributed by atoms with Crippen LogP contribution in [0, 0.1) is 5.82 Å². The van der Waals surface area contributed by atoms with E-state index in [-0.39, 0.29) is 35.8 Å². The summed E-state index contributed by atoms with van der Waals surface area (Å²) in [6.45, 7) is 7.54. The van der Waals surface area contributed by atoms with Crippen molar-refractivity contribution in [3.05, 3.63) is 59.8 Å². The Balaban J connectivity index is 0.00000364. The SMILES string of the molecule is CCN(CC)C(CNC(=NC)NCCc1cccc(F)c1)c1ccco1.I. The Hall–Kier alpha value is -1.61. The van der Waals surface area contributed by atoms with Gasteiger partial charge in [-0.25, -0.2) is 4.39 Å². The van der Waals surface area contributed by atoms with Crippen molar-refractivity contribution >= 4 is 29.9 Å². The number of halogens is 2. The van der Waals surface area contributed by atoms with Crippen LogP contribution in [0.3, 0.4) is 0 Å². The summed E-state index contributed by atoms with van der Waals surface area (Å²) in [6, 6.07) is 10.7. The van der Waals surface area contributed by atoms with E-state index in [9.17, 15) is 4.39 Å². The van der Waals surface area contributed by atoms with Gasteiger partial charge in [0, 0.05) is 20.1 Å². The van der Waals surface area contributed by atoms with Crippen LogP contribution in [0.5, 0.6) is 0 Å². The summed E-state index contributed by atoms with van der Waals surface area (Å²) in [6.07, 6.45) is 2.44. The third kappa shape index (κ3) is 7.50. The zero-order valence-electron chi connectivity index (χ0n) is 16.2. The van der Waals surface area contributed by atoms with Gasteiger partial charge in [-0.05, 0) is 49.3 Å². The van der Waals surface area contributed by atoms with E-state index >= 15 is 0 Å². The first kappa shape index (κ1) is 23.4. The number of furan rings is 1. The lowest BCUT2D eigenvalue weighted by molar-refractivity contribution is 0.193. The third-order valence-corrected chi connectivity index (χ3v) is 4.41. The maximum atomic E-state index is 13.2. The molecule has 1 unspecified atom stereocenters. The van der Waals surface area contributed by atoms with Gasteiger partial charge in [-0.1, -0.05) is 26.0 Å². The fourth-order valence-electron chi connectivity index (χ4n) is 2.99. The molecule has 0 radical (unpaired) electrons. The first-order valence-electron chi connectivity index (χ1n) is 9.14. The van der Waals surface area contributed by atoms with Crippen LogP contribution in [-0.4, -0.2) is 44.1 Å². The fourth-order valence-corrected chi connectivity index (χ4v) is 2.99. The fraction of sp³-hybridized carbons (Fsp3) is 0.450. The van der Waals surface area contributed by atoms with Gasteiger partial charge >= 0.3 is 0 Å². The molecule has 0 saturated heterocycles. The molecule has 2 aromatic rings. The van der Waals surface area contributed by atoms with Crippen molar-refractivity contribution < 1.29 is 8.81 Å². The molecule has 0 aliphatic heterocycles. The molecule has 0 saturated carbocycles. The maximum absolute atomic E-state index is 13.2. The van der Waals surface area contributed by atoms with Crippen LogP contribution in [0.4, 0.5) is 4.39 Å². The molecule has 1 heterocycles. The average Bonchev–Trinajstić information content (AvgIpc) is 3.18. The summed E-state index contributed by atoms with van der Waals surface area (Å²) in [5.41, 5.74) is 0.963. The summed E-state index contributed by atoms with van der Waals surface area (Å²) in [4.78, 5) is 6.61. The van der Waals surface area contributed by atoms with Crippen LogP contribution in [-0.2, 0) is 6.42 Å². The van der Waals surface area contributed by atoms with E-state index in [1.54, 1.807) is 25.4 Å². The van der Waals surface area contributed by atoms with E-state index in [1.807, 2.05) is 18.2 Å². The maximum Gasteiger partial charge on any atom is 0.191 e. The second kappa shape index (κ2) is 12.7. The molecule has 7 heteroatoms. The molecular weight excluding hydrogens is 458 g/mol. The van der Waals surface area contributed by atoms with Crippen molar-refractivity contribution in [1.29, 1.82) is 0 Å². The second-order valence-corrected chi connectivity index (χ2v) is 6.01. The van der Waals surface area contributed by atoms with Crippen LogP contribution in [0.25, 0.3) is 0 Å². The van der Waals surface area contributed by atoms with Gasteiger partial charge in [-0.3, -0.25) is 9.89 Å². The number of guanidine groups is 1. The van der Waals surface area contributed by atoms with E-state index in [4.69, 9.17) is 4.42 Å². The van der Waals surface area contributed by atoms with E-state index in [2.05, 4.69) is 34.4 Å². The summed E-state index contributed by atoms with van der Waals surface area (Å²) in [5.74, 6) is 1.46. The van der Waals surface area contributed by atoms with E-state index in [0.29, 0.717) is 13.1 Å². The molecule has 5 nitrogen and oxygen atoms in total. The van der Waals surface area contributed by atoms with Crippen molar-refractivity contribution in [2.45, 2.75) is 26.3 Å². The lowest BCUT2D eigenvalue weighted by Gasteiger charge is -2.28. The van der Waals surface area contributed by atoms with E-state index in [1.165, 1.54) is 6.07 Å². The number of aliphatic imine (C=N–C) groups is 1. The third-order valence-electron chi connectivity index (χ3n) is 4.41. The summed E-state index contributed by atoms with van der Waals surface area (Å²) < 4.78 is 18.9. The smallest absolute Gasteiger partial charge is 0.191 e. The number of hydrogen-bond donors (Lipinski definition) is 2. The topological polar surface area (TPSA) is 52.8 Å². The molecule has 1 atom stereocenters. The minimum Gasteiger partial charge on any atom is -0.468 e. The highest BCUT2D eigenvalue weighted by Crippen LogP contribution is 2.20.